The number of nitrogens with zero attached hydrogens (tertiary/aromatic N) is 3. The maximum Gasteiger partial charge on any atom is 0.255 e. The minimum absolute atomic E-state index is 0.146. The van der Waals surface area contributed by atoms with Crippen LogP contribution < -0.4 is 16.0 Å². The number of anilines is 2. The van der Waals surface area contributed by atoms with E-state index < -0.39 is 17.8 Å². The largest absolute Gasteiger partial charge is 0.365 e. The third kappa shape index (κ3) is 5.57. The van der Waals surface area contributed by atoms with Gasteiger partial charge in [-0.2, -0.15) is 5.26 Å². The highest BCUT2D eigenvalue weighted by molar-refractivity contribution is 5.99. The third-order valence-corrected chi connectivity index (χ3v) is 6.36. The zero-order valence-electron chi connectivity index (χ0n) is 20.8. The summed E-state index contributed by atoms with van der Waals surface area (Å²) >= 11 is 0. The van der Waals surface area contributed by atoms with Crippen molar-refractivity contribution in [1.82, 2.24) is 15.3 Å². The Morgan fingerprint density at radius 3 is 2.64 bits per heavy atom. The Kier molecular flexibility index (Phi) is 6.97. The molecule has 0 saturated carbocycles. The number of fused-ring (bicyclic) bond motifs is 1. The molecule has 4 aromatic rings. The lowest BCUT2D eigenvalue weighted by Gasteiger charge is -2.17. The molecule has 1 aliphatic heterocycles. The van der Waals surface area contributed by atoms with E-state index in [9.17, 15) is 19.2 Å². The number of benzene rings is 2. The first-order valence-corrected chi connectivity index (χ1v) is 12.1. The quantitative estimate of drug-likeness (QED) is 0.317. The van der Waals surface area contributed by atoms with Crippen LogP contribution in [0.15, 0.2) is 67.0 Å². The lowest BCUT2D eigenvalue weighted by molar-refractivity contribution is -0.115. The molecule has 3 heterocycles. The second-order valence-corrected chi connectivity index (χ2v) is 9.10. The molecule has 3 N–H and O–H groups in total. The smallest absolute Gasteiger partial charge is 0.255 e. The lowest BCUT2D eigenvalue weighted by atomic mass is 10.0. The summed E-state index contributed by atoms with van der Waals surface area (Å²) in [7, 11) is 0. The summed E-state index contributed by atoms with van der Waals surface area (Å²) in [4.78, 5) is 33.1. The Labute approximate surface area is 222 Å². The van der Waals surface area contributed by atoms with Gasteiger partial charge in [-0.1, -0.05) is 24.3 Å². The first kappa shape index (κ1) is 25.5. The number of aromatic nitrogens is 2. The van der Waals surface area contributed by atoms with Gasteiger partial charge in [-0.05, 0) is 48.4 Å². The molecule has 39 heavy (non-hydrogen) atoms. The van der Waals surface area contributed by atoms with Crippen molar-refractivity contribution in [3.05, 3.63) is 106 Å². The van der Waals surface area contributed by atoms with Crippen molar-refractivity contribution in [2.45, 2.75) is 25.9 Å². The number of hydrogen-bond acceptors (Lipinski definition) is 6. The van der Waals surface area contributed by atoms with E-state index in [2.05, 4.69) is 25.9 Å². The van der Waals surface area contributed by atoms with Crippen LogP contribution in [0.3, 0.4) is 0 Å². The van der Waals surface area contributed by atoms with Crippen molar-refractivity contribution >= 4 is 23.5 Å². The highest BCUT2D eigenvalue weighted by atomic mass is 19.1. The number of hydrogen-bond donors (Lipinski definition) is 3. The second kappa shape index (κ2) is 10.7. The van der Waals surface area contributed by atoms with Crippen LogP contribution in [0.1, 0.15) is 45.6 Å². The van der Waals surface area contributed by atoms with E-state index in [0.29, 0.717) is 33.6 Å². The van der Waals surface area contributed by atoms with E-state index in [1.54, 1.807) is 37.3 Å². The zero-order valence-corrected chi connectivity index (χ0v) is 20.8. The SMILES string of the molecule is C[C@H](NC(=O)c1cc(C#N)cnc1NCc1ccc(-c2cnc3c(c2)CC(=O)N3)c(F)c1)c1ccc(F)cc1. The number of pyridine rings is 2. The molecule has 0 radical (unpaired) electrons. The van der Waals surface area contributed by atoms with Gasteiger partial charge in [-0.3, -0.25) is 9.59 Å². The first-order chi connectivity index (χ1) is 18.8. The van der Waals surface area contributed by atoms with E-state index in [1.165, 1.54) is 36.7 Å². The van der Waals surface area contributed by atoms with Crippen LogP contribution in [0.5, 0.6) is 0 Å². The number of nitrogens with one attached hydrogen (secondary N) is 3. The van der Waals surface area contributed by atoms with E-state index >= 15 is 4.39 Å². The van der Waals surface area contributed by atoms with E-state index in [0.717, 1.165) is 0 Å². The summed E-state index contributed by atoms with van der Waals surface area (Å²) in [5.74, 6) is -0.748. The average Bonchev–Trinajstić information content (AvgIpc) is 3.31. The third-order valence-electron chi connectivity index (χ3n) is 6.36. The van der Waals surface area contributed by atoms with Crippen molar-refractivity contribution in [1.29, 1.82) is 5.26 Å². The Morgan fingerprint density at radius 1 is 1.10 bits per heavy atom. The van der Waals surface area contributed by atoms with Gasteiger partial charge < -0.3 is 16.0 Å². The van der Waals surface area contributed by atoms with Crippen molar-refractivity contribution in [3.63, 3.8) is 0 Å². The summed E-state index contributed by atoms with van der Waals surface area (Å²) in [6.07, 6.45) is 3.06. The minimum Gasteiger partial charge on any atom is -0.365 e. The summed E-state index contributed by atoms with van der Waals surface area (Å²) < 4.78 is 28.3. The number of carbonyl (C=O) groups excluding carboxylic acids is 2. The minimum atomic E-state index is -0.475. The van der Waals surface area contributed by atoms with E-state index in [4.69, 9.17) is 0 Å². The molecule has 1 atom stereocenters. The Balaban J connectivity index is 1.32. The van der Waals surface area contributed by atoms with Crippen LogP contribution in [0.4, 0.5) is 20.4 Å². The maximum absolute atomic E-state index is 15.0. The Bertz CT molecular complexity index is 1630. The van der Waals surface area contributed by atoms with Gasteiger partial charge in [0.25, 0.3) is 5.91 Å². The van der Waals surface area contributed by atoms with Gasteiger partial charge >= 0.3 is 0 Å². The van der Waals surface area contributed by atoms with Crippen molar-refractivity contribution in [2.24, 2.45) is 0 Å². The molecule has 1 aliphatic rings. The number of rotatable bonds is 7. The fourth-order valence-electron chi connectivity index (χ4n) is 4.29. The predicted molar refractivity (Wildman–Crippen MR) is 141 cm³/mol. The lowest BCUT2D eigenvalue weighted by Crippen LogP contribution is -2.28. The molecule has 0 bridgehead atoms. The summed E-state index contributed by atoms with van der Waals surface area (Å²) in [6.45, 7) is 1.92. The molecular weight excluding hydrogens is 502 g/mol. The molecule has 0 aliphatic carbocycles. The molecule has 0 spiro atoms. The van der Waals surface area contributed by atoms with Crippen LogP contribution in [0.2, 0.25) is 0 Å². The highest BCUT2D eigenvalue weighted by Crippen LogP contribution is 2.29. The van der Waals surface area contributed by atoms with Gasteiger partial charge in [-0.15, -0.1) is 0 Å². The van der Waals surface area contributed by atoms with Crippen LogP contribution in [-0.4, -0.2) is 21.8 Å². The number of halogens is 2. The van der Waals surface area contributed by atoms with Crippen LogP contribution >= 0.6 is 0 Å². The molecule has 0 saturated heterocycles. The van der Waals surface area contributed by atoms with Gasteiger partial charge in [0, 0.05) is 35.6 Å². The summed E-state index contributed by atoms with van der Waals surface area (Å²) in [5.41, 5.74) is 3.28. The zero-order chi connectivity index (χ0) is 27.5. The van der Waals surface area contributed by atoms with Crippen molar-refractivity contribution in [2.75, 3.05) is 10.6 Å². The van der Waals surface area contributed by atoms with Crippen LogP contribution in [0.25, 0.3) is 11.1 Å². The highest BCUT2D eigenvalue weighted by Gasteiger charge is 2.21. The molecule has 2 aromatic carbocycles. The molecule has 2 amide bonds. The number of nitriles is 1. The summed E-state index contributed by atoms with van der Waals surface area (Å²) in [5, 5.41) is 17.8. The second-order valence-electron chi connectivity index (χ2n) is 9.10. The van der Waals surface area contributed by atoms with Gasteiger partial charge in [0.05, 0.1) is 23.6 Å². The van der Waals surface area contributed by atoms with E-state index in [1.807, 2.05) is 6.07 Å². The molecule has 194 valence electrons. The topological polar surface area (TPSA) is 120 Å². The van der Waals surface area contributed by atoms with Gasteiger partial charge in [0.1, 0.15) is 29.3 Å². The van der Waals surface area contributed by atoms with Crippen molar-refractivity contribution < 1.29 is 18.4 Å². The number of carbonyl (C=O) groups is 2. The molecule has 10 heteroatoms. The molecular formula is C29H22F2N6O2. The molecule has 5 rings (SSSR count). The molecule has 2 aromatic heterocycles. The molecule has 0 fully saturated rings. The number of amides is 2. The standard InChI is InChI=1S/C29H22F2N6O2/c1-16(19-3-5-22(30)6-4-19)36-29(39)24-8-18(12-32)14-34-28(24)33-13-17-2-7-23(25(31)9-17)21-10-20-11-26(38)37-27(20)35-15-21/h2-10,14-16H,11,13H2,1H3,(H,33,34)(H,36,39)(H,35,37,38)/t16-/m0/s1. The van der Waals surface area contributed by atoms with Gasteiger partial charge in [0.15, 0.2) is 0 Å². The van der Waals surface area contributed by atoms with Crippen LogP contribution in [0, 0.1) is 23.0 Å². The normalized spacial score (nSPS) is 12.7. The van der Waals surface area contributed by atoms with E-state index in [-0.39, 0.29) is 41.6 Å². The molecule has 0 unspecified atom stereocenters. The first-order valence-electron chi connectivity index (χ1n) is 12.1. The van der Waals surface area contributed by atoms with Gasteiger partial charge in [0.2, 0.25) is 5.91 Å². The van der Waals surface area contributed by atoms with Crippen LogP contribution in [-0.2, 0) is 17.8 Å². The fraction of sp³-hybridized carbons (Fsp3) is 0.138. The monoisotopic (exact) mass is 524 g/mol. The Morgan fingerprint density at radius 2 is 1.90 bits per heavy atom. The average molecular weight is 525 g/mol. The fourth-order valence-corrected chi connectivity index (χ4v) is 4.29. The Hall–Kier alpha value is -5.17. The van der Waals surface area contributed by atoms with Crippen molar-refractivity contribution in [3.8, 4) is 17.2 Å². The van der Waals surface area contributed by atoms with Gasteiger partial charge in [-0.25, -0.2) is 18.7 Å². The molecule has 8 nitrogen and oxygen atoms in total. The maximum atomic E-state index is 15.0. The summed E-state index contributed by atoms with van der Waals surface area (Å²) in [6, 6.07) is 15.2. The predicted octanol–water partition coefficient (Wildman–Crippen LogP) is 4.89.